The first-order valence-electron chi connectivity index (χ1n) is 7.33. The second kappa shape index (κ2) is 7.20. The number of carbonyl (C=O) groups excluding carboxylic acids is 1. The van der Waals surface area contributed by atoms with Gasteiger partial charge in [0.2, 0.25) is 5.91 Å². The van der Waals surface area contributed by atoms with Gasteiger partial charge in [-0.25, -0.2) is 4.39 Å². The summed E-state index contributed by atoms with van der Waals surface area (Å²) < 4.78 is 12.8. The fourth-order valence-electron chi connectivity index (χ4n) is 2.48. The van der Waals surface area contributed by atoms with Crippen LogP contribution in [0.2, 0.25) is 0 Å². The molecule has 5 heteroatoms. The molecule has 0 bridgehead atoms. The van der Waals surface area contributed by atoms with Gasteiger partial charge in [-0.2, -0.15) is 0 Å². The van der Waals surface area contributed by atoms with Crippen LogP contribution in [0.4, 0.5) is 4.39 Å². The lowest BCUT2D eigenvalue weighted by Crippen LogP contribution is -2.26. The third-order valence-electron chi connectivity index (χ3n) is 3.79. The van der Waals surface area contributed by atoms with Gasteiger partial charge in [0.25, 0.3) is 0 Å². The molecule has 0 aromatic heterocycles. The predicted octanol–water partition coefficient (Wildman–Crippen LogP) is 2.69. The van der Waals surface area contributed by atoms with Crippen molar-refractivity contribution >= 4 is 11.9 Å². The molecule has 0 spiro atoms. The van der Waals surface area contributed by atoms with E-state index in [-0.39, 0.29) is 30.0 Å². The van der Waals surface area contributed by atoms with Gasteiger partial charge < -0.3 is 10.4 Å². The third kappa shape index (κ3) is 4.85. The maximum Gasteiger partial charge on any atom is 0.303 e. The van der Waals surface area contributed by atoms with Crippen molar-refractivity contribution in [3.05, 3.63) is 35.6 Å². The Labute approximate surface area is 123 Å². The van der Waals surface area contributed by atoms with E-state index in [0.29, 0.717) is 13.0 Å². The van der Waals surface area contributed by atoms with Gasteiger partial charge in [0.05, 0.1) is 0 Å². The first-order valence-corrected chi connectivity index (χ1v) is 7.33. The van der Waals surface area contributed by atoms with Crippen LogP contribution >= 0.6 is 0 Å². The molecule has 1 aromatic rings. The van der Waals surface area contributed by atoms with Crippen molar-refractivity contribution in [3.63, 3.8) is 0 Å². The van der Waals surface area contributed by atoms with Crippen LogP contribution in [-0.4, -0.2) is 23.5 Å². The summed E-state index contributed by atoms with van der Waals surface area (Å²) in [6.45, 7) is 0.588. The van der Waals surface area contributed by atoms with Gasteiger partial charge in [-0.1, -0.05) is 18.6 Å². The normalized spacial score (nSPS) is 20.0. The molecule has 1 saturated carbocycles. The van der Waals surface area contributed by atoms with Crippen LogP contribution < -0.4 is 5.32 Å². The standard InChI is InChI=1S/C16H20FNO3/c17-12-7-5-11(6-8-12)13-10-14(13)16(21)18-9-3-1-2-4-15(19)20/h5-8,13-14H,1-4,9-10H2,(H,18,21)(H,19,20). The summed E-state index contributed by atoms with van der Waals surface area (Å²) in [6, 6.07) is 6.31. The Bertz CT molecular complexity index is 501. The number of amides is 1. The first kappa shape index (κ1) is 15.5. The molecule has 2 atom stereocenters. The van der Waals surface area contributed by atoms with Crippen LogP contribution in [-0.2, 0) is 9.59 Å². The second-order valence-electron chi connectivity index (χ2n) is 5.50. The number of carboxylic acid groups (broad SMARTS) is 1. The summed E-state index contributed by atoms with van der Waals surface area (Å²) in [5, 5.41) is 11.4. The summed E-state index contributed by atoms with van der Waals surface area (Å²) in [6.07, 6.45) is 3.25. The SMILES string of the molecule is O=C(O)CCCCCNC(=O)C1CC1c1ccc(F)cc1. The van der Waals surface area contributed by atoms with Crippen LogP contribution in [0, 0.1) is 11.7 Å². The van der Waals surface area contributed by atoms with E-state index in [9.17, 15) is 14.0 Å². The summed E-state index contributed by atoms with van der Waals surface area (Å²) in [5.41, 5.74) is 1.01. The minimum Gasteiger partial charge on any atom is -0.481 e. The van der Waals surface area contributed by atoms with Gasteiger partial charge >= 0.3 is 5.97 Å². The van der Waals surface area contributed by atoms with Crippen molar-refractivity contribution in [2.45, 2.75) is 38.0 Å². The first-order chi connectivity index (χ1) is 10.1. The molecule has 0 saturated heterocycles. The number of benzene rings is 1. The number of aliphatic carboxylic acids is 1. The Morgan fingerprint density at radius 1 is 1.19 bits per heavy atom. The smallest absolute Gasteiger partial charge is 0.303 e. The van der Waals surface area contributed by atoms with E-state index in [1.807, 2.05) is 0 Å². The number of hydrogen-bond acceptors (Lipinski definition) is 2. The maximum absolute atomic E-state index is 12.8. The Balaban J connectivity index is 1.62. The average molecular weight is 293 g/mol. The topological polar surface area (TPSA) is 66.4 Å². The lowest BCUT2D eigenvalue weighted by Gasteiger charge is -2.05. The molecule has 2 rings (SSSR count). The minimum absolute atomic E-state index is 0.00511. The third-order valence-corrected chi connectivity index (χ3v) is 3.79. The molecule has 21 heavy (non-hydrogen) atoms. The van der Waals surface area contributed by atoms with E-state index < -0.39 is 5.97 Å². The zero-order valence-electron chi connectivity index (χ0n) is 11.8. The van der Waals surface area contributed by atoms with E-state index in [1.54, 1.807) is 12.1 Å². The molecule has 1 aliphatic rings. The van der Waals surface area contributed by atoms with E-state index in [0.717, 1.165) is 24.8 Å². The van der Waals surface area contributed by atoms with Crippen molar-refractivity contribution in [2.75, 3.05) is 6.54 Å². The van der Waals surface area contributed by atoms with Gasteiger partial charge in [-0.05, 0) is 42.9 Å². The van der Waals surface area contributed by atoms with E-state index in [4.69, 9.17) is 5.11 Å². The van der Waals surface area contributed by atoms with Gasteiger partial charge in [-0.3, -0.25) is 9.59 Å². The molecular formula is C16H20FNO3. The lowest BCUT2D eigenvalue weighted by molar-refractivity contribution is -0.137. The van der Waals surface area contributed by atoms with Crippen molar-refractivity contribution in [2.24, 2.45) is 5.92 Å². The van der Waals surface area contributed by atoms with E-state index >= 15 is 0 Å². The molecule has 1 fully saturated rings. The van der Waals surface area contributed by atoms with Crippen molar-refractivity contribution < 1.29 is 19.1 Å². The quantitative estimate of drug-likeness (QED) is 0.724. The van der Waals surface area contributed by atoms with Crippen molar-refractivity contribution in [3.8, 4) is 0 Å². The largest absolute Gasteiger partial charge is 0.481 e. The van der Waals surface area contributed by atoms with E-state index in [2.05, 4.69) is 5.32 Å². The lowest BCUT2D eigenvalue weighted by atomic mass is 10.1. The molecule has 0 aliphatic heterocycles. The fourth-order valence-corrected chi connectivity index (χ4v) is 2.48. The fraction of sp³-hybridized carbons (Fsp3) is 0.500. The average Bonchev–Trinajstić information content (AvgIpc) is 3.23. The molecular weight excluding hydrogens is 273 g/mol. The highest BCUT2D eigenvalue weighted by molar-refractivity contribution is 5.82. The highest BCUT2D eigenvalue weighted by Gasteiger charge is 2.43. The Kier molecular flexibility index (Phi) is 5.31. The van der Waals surface area contributed by atoms with Gasteiger partial charge in [-0.15, -0.1) is 0 Å². The van der Waals surface area contributed by atoms with Crippen LogP contribution in [0.1, 0.15) is 43.6 Å². The Hall–Kier alpha value is -1.91. The highest BCUT2D eigenvalue weighted by atomic mass is 19.1. The number of carbonyl (C=O) groups is 2. The van der Waals surface area contributed by atoms with Crippen LogP contribution in [0.25, 0.3) is 0 Å². The summed E-state index contributed by atoms with van der Waals surface area (Å²) in [5.74, 6) is -0.796. The monoisotopic (exact) mass is 293 g/mol. The summed E-state index contributed by atoms with van der Waals surface area (Å²) in [7, 11) is 0. The van der Waals surface area contributed by atoms with Crippen LogP contribution in [0.3, 0.4) is 0 Å². The van der Waals surface area contributed by atoms with E-state index in [1.165, 1.54) is 12.1 Å². The molecule has 4 nitrogen and oxygen atoms in total. The summed E-state index contributed by atoms with van der Waals surface area (Å²) >= 11 is 0. The molecule has 1 aliphatic carbocycles. The zero-order chi connectivity index (χ0) is 15.2. The number of unbranched alkanes of at least 4 members (excludes halogenated alkanes) is 2. The molecule has 1 amide bonds. The predicted molar refractivity (Wildman–Crippen MR) is 76.4 cm³/mol. The molecule has 0 radical (unpaired) electrons. The summed E-state index contributed by atoms with van der Waals surface area (Å²) in [4.78, 5) is 22.3. The van der Waals surface area contributed by atoms with Crippen LogP contribution in [0.15, 0.2) is 24.3 Å². The Morgan fingerprint density at radius 3 is 2.57 bits per heavy atom. The molecule has 0 heterocycles. The van der Waals surface area contributed by atoms with Crippen LogP contribution in [0.5, 0.6) is 0 Å². The number of nitrogens with one attached hydrogen (secondary N) is 1. The molecule has 2 N–H and O–H groups in total. The molecule has 2 unspecified atom stereocenters. The van der Waals surface area contributed by atoms with Crippen molar-refractivity contribution in [1.82, 2.24) is 5.32 Å². The Morgan fingerprint density at radius 2 is 1.90 bits per heavy atom. The number of carboxylic acids is 1. The number of halogens is 1. The second-order valence-corrected chi connectivity index (χ2v) is 5.50. The van der Waals surface area contributed by atoms with Gasteiger partial charge in [0.15, 0.2) is 0 Å². The minimum atomic E-state index is -0.779. The highest BCUT2D eigenvalue weighted by Crippen LogP contribution is 2.47. The maximum atomic E-state index is 12.8. The van der Waals surface area contributed by atoms with Crippen molar-refractivity contribution in [1.29, 1.82) is 0 Å². The molecule has 114 valence electrons. The molecule has 1 aromatic carbocycles. The zero-order valence-corrected chi connectivity index (χ0v) is 11.8. The number of hydrogen-bond donors (Lipinski definition) is 2. The van der Waals surface area contributed by atoms with Gasteiger partial charge in [0.1, 0.15) is 5.82 Å². The number of rotatable bonds is 8. The van der Waals surface area contributed by atoms with Gasteiger partial charge in [0, 0.05) is 18.9 Å².